The quantitative estimate of drug-likeness (QED) is 0.0902. The van der Waals surface area contributed by atoms with E-state index in [1.165, 1.54) is 18.5 Å². The molecule has 0 aliphatic carbocycles. The minimum atomic E-state index is -0.644. The molecule has 0 fully saturated rings. The number of nitrogens with one attached hydrogen (secondary N) is 2. The number of benzene rings is 3. The lowest BCUT2D eigenvalue weighted by Crippen LogP contribution is -2.19. The number of hydrogen-bond donors (Lipinski definition) is 2. The summed E-state index contributed by atoms with van der Waals surface area (Å²) in [7, 11) is 3.91. The number of hydrazone groups is 1. The number of furan rings is 1. The molecular weight excluding hydrogens is 544 g/mol. The lowest BCUT2D eigenvalue weighted by molar-refractivity contribution is 0.0695. The van der Waals surface area contributed by atoms with E-state index in [4.69, 9.17) is 25.5 Å². The maximum atomic E-state index is 13.4. The summed E-state index contributed by atoms with van der Waals surface area (Å²) in [5, 5.41) is 5.55. The third kappa shape index (κ3) is 5.95. The highest BCUT2D eigenvalue weighted by molar-refractivity contribution is 6.34. The number of aromatic nitrogens is 1. The number of amides is 1. The van der Waals surface area contributed by atoms with Gasteiger partial charge in [0.15, 0.2) is 11.5 Å². The largest absolute Gasteiger partial charge is 0.490 e. The predicted octanol–water partition coefficient (Wildman–Crippen LogP) is 6.53. The van der Waals surface area contributed by atoms with Gasteiger partial charge in [0.05, 0.1) is 19.1 Å². The van der Waals surface area contributed by atoms with E-state index in [1.54, 1.807) is 30.3 Å². The van der Waals surface area contributed by atoms with E-state index in [2.05, 4.69) is 15.5 Å². The molecule has 0 spiro atoms. The van der Waals surface area contributed by atoms with Crippen LogP contribution < -0.4 is 19.8 Å². The molecule has 2 N–H and O–H groups in total. The van der Waals surface area contributed by atoms with Crippen molar-refractivity contribution in [2.24, 2.45) is 5.10 Å². The highest BCUT2D eigenvalue weighted by Gasteiger charge is 2.21. The summed E-state index contributed by atoms with van der Waals surface area (Å²) in [5.74, 6) is -0.431. The SMILES string of the molecule is CCOc1cc(C=NNC(=O)c2[nH]c3ccc(N(C)C)cc3c2-c2ccccc2Cl)ccc1OC(=O)c1ccco1. The van der Waals surface area contributed by atoms with Gasteiger partial charge in [0.2, 0.25) is 5.76 Å². The first-order valence-electron chi connectivity index (χ1n) is 12.8. The third-order valence-electron chi connectivity index (χ3n) is 6.24. The summed E-state index contributed by atoms with van der Waals surface area (Å²) in [6.45, 7) is 2.17. The highest BCUT2D eigenvalue weighted by atomic mass is 35.5. The second-order valence-corrected chi connectivity index (χ2v) is 9.59. The Kier molecular flexibility index (Phi) is 8.07. The Morgan fingerprint density at radius 1 is 1.05 bits per heavy atom. The van der Waals surface area contributed by atoms with Gasteiger partial charge in [0.25, 0.3) is 5.91 Å². The van der Waals surface area contributed by atoms with Gasteiger partial charge in [-0.05, 0) is 67.1 Å². The Bertz CT molecular complexity index is 1740. The topological polar surface area (TPSA) is 109 Å². The van der Waals surface area contributed by atoms with Gasteiger partial charge in [-0.2, -0.15) is 5.10 Å². The molecule has 0 saturated carbocycles. The number of hydrogen-bond acceptors (Lipinski definition) is 7. The maximum Gasteiger partial charge on any atom is 0.379 e. The van der Waals surface area contributed by atoms with Crippen LogP contribution in [0.25, 0.3) is 22.0 Å². The molecule has 0 radical (unpaired) electrons. The fourth-order valence-corrected chi connectivity index (χ4v) is 4.53. The van der Waals surface area contributed by atoms with Crippen LogP contribution in [0.3, 0.4) is 0 Å². The fourth-order valence-electron chi connectivity index (χ4n) is 4.30. The van der Waals surface area contributed by atoms with Crippen LogP contribution in [0.2, 0.25) is 5.02 Å². The molecule has 5 rings (SSSR count). The lowest BCUT2D eigenvalue weighted by atomic mass is 10.0. The van der Waals surface area contributed by atoms with E-state index in [9.17, 15) is 9.59 Å². The van der Waals surface area contributed by atoms with Crippen molar-refractivity contribution in [3.05, 3.63) is 101 Å². The molecule has 3 aromatic carbocycles. The van der Waals surface area contributed by atoms with Gasteiger partial charge in [-0.15, -0.1) is 0 Å². The van der Waals surface area contributed by atoms with E-state index in [0.717, 1.165) is 22.2 Å². The molecule has 0 aliphatic rings. The number of fused-ring (bicyclic) bond motifs is 1. The second-order valence-electron chi connectivity index (χ2n) is 9.18. The Balaban J connectivity index is 1.41. The summed E-state index contributed by atoms with van der Waals surface area (Å²) in [6.07, 6.45) is 2.86. The van der Waals surface area contributed by atoms with Crippen LogP contribution in [-0.2, 0) is 0 Å². The van der Waals surface area contributed by atoms with Gasteiger partial charge in [0.1, 0.15) is 5.69 Å². The Labute approximate surface area is 241 Å². The second kappa shape index (κ2) is 12.0. The number of esters is 1. The van der Waals surface area contributed by atoms with E-state index in [-0.39, 0.29) is 11.5 Å². The molecule has 5 aromatic rings. The van der Waals surface area contributed by atoms with Crippen LogP contribution in [0, 0.1) is 0 Å². The monoisotopic (exact) mass is 570 g/mol. The number of ether oxygens (including phenoxy) is 2. The number of carbonyl (C=O) groups is 2. The number of carbonyl (C=O) groups excluding carboxylic acids is 2. The zero-order valence-electron chi connectivity index (χ0n) is 22.6. The molecule has 0 saturated heterocycles. The predicted molar refractivity (Wildman–Crippen MR) is 159 cm³/mol. The van der Waals surface area contributed by atoms with Crippen molar-refractivity contribution in [1.82, 2.24) is 10.4 Å². The number of aromatic amines is 1. The highest BCUT2D eigenvalue weighted by Crippen LogP contribution is 2.38. The van der Waals surface area contributed by atoms with Gasteiger partial charge >= 0.3 is 5.97 Å². The van der Waals surface area contributed by atoms with E-state index in [0.29, 0.717) is 34.2 Å². The number of rotatable bonds is 9. The maximum absolute atomic E-state index is 13.4. The average molecular weight is 571 g/mol. The molecule has 0 aliphatic heterocycles. The molecule has 0 unspecified atom stereocenters. The standard InChI is InChI=1S/C31H27ClN4O5/c1-4-39-27-16-19(11-14-25(27)41-31(38)26-10-7-15-40-26)18-33-35-30(37)29-28(21-8-5-6-9-23(21)32)22-17-20(36(2)3)12-13-24(22)34-29/h5-18,34H,4H2,1-3H3,(H,35,37). The number of H-pyrrole nitrogens is 1. The third-order valence-corrected chi connectivity index (χ3v) is 6.57. The average Bonchev–Trinajstić information content (AvgIpc) is 3.63. The van der Waals surface area contributed by atoms with Crippen molar-refractivity contribution in [2.75, 3.05) is 25.6 Å². The zero-order chi connectivity index (χ0) is 28.9. The van der Waals surface area contributed by atoms with Crippen molar-refractivity contribution in [1.29, 1.82) is 0 Å². The summed E-state index contributed by atoms with van der Waals surface area (Å²) in [5.41, 5.74) is 6.73. The Hall–Kier alpha value is -5.02. The summed E-state index contributed by atoms with van der Waals surface area (Å²) >= 11 is 6.56. The Morgan fingerprint density at radius 3 is 2.61 bits per heavy atom. The molecule has 0 atom stereocenters. The van der Waals surface area contributed by atoms with Crippen molar-refractivity contribution >= 4 is 46.3 Å². The van der Waals surface area contributed by atoms with Gasteiger partial charge in [-0.25, -0.2) is 10.2 Å². The zero-order valence-corrected chi connectivity index (χ0v) is 23.4. The van der Waals surface area contributed by atoms with Crippen LogP contribution >= 0.6 is 11.6 Å². The van der Waals surface area contributed by atoms with Gasteiger partial charge in [-0.1, -0.05) is 29.8 Å². The van der Waals surface area contributed by atoms with Crippen molar-refractivity contribution in [3.8, 4) is 22.6 Å². The lowest BCUT2D eigenvalue weighted by Gasteiger charge is -2.13. The van der Waals surface area contributed by atoms with Gasteiger partial charge < -0.3 is 23.8 Å². The fraction of sp³-hybridized carbons (Fsp3) is 0.129. The van der Waals surface area contributed by atoms with Crippen LogP contribution in [0.1, 0.15) is 33.5 Å². The van der Waals surface area contributed by atoms with Crippen LogP contribution in [0.15, 0.2) is 88.6 Å². The molecule has 208 valence electrons. The summed E-state index contributed by atoms with van der Waals surface area (Å²) < 4.78 is 16.2. The molecule has 2 aromatic heterocycles. The molecule has 1 amide bonds. The minimum Gasteiger partial charge on any atom is -0.490 e. The van der Waals surface area contributed by atoms with E-state index < -0.39 is 11.9 Å². The molecule has 10 heteroatoms. The van der Waals surface area contributed by atoms with Gasteiger partial charge in [0, 0.05) is 46.8 Å². The molecular formula is C31H27ClN4O5. The van der Waals surface area contributed by atoms with Gasteiger partial charge in [-0.3, -0.25) is 4.79 Å². The van der Waals surface area contributed by atoms with Crippen LogP contribution in [0.4, 0.5) is 5.69 Å². The minimum absolute atomic E-state index is 0.0758. The molecule has 0 bridgehead atoms. The van der Waals surface area contributed by atoms with E-state index >= 15 is 0 Å². The van der Waals surface area contributed by atoms with Crippen LogP contribution in [-0.4, -0.2) is 43.8 Å². The number of nitrogens with zero attached hydrogens (tertiary/aromatic N) is 2. The number of anilines is 1. The smallest absolute Gasteiger partial charge is 0.379 e. The molecule has 2 heterocycles. The number of halogens is 1. The molecule has 9 nitrogen and oxygen atoms in total. The first-order valence-corrected chi connectivity index (χ1v) is 13.2. The Morgan fingerprint density at radius 2 is 1.88 bits per heavy atom. The van der Waals surface area contributed by atoms with Crippen molar-refractivity contribution in [2.45, 2.75) is 6.92 Å². The molecule has 41 heavy (non-hydrogen) atoms. The van der Waals surface area contributed by atoms with Crippen LogP contribution in [0.5, 0.6) is 11.5 Å². The summed E-state index contributed by atoms with van der Waals surface area (Å²) in [6, 6.07) is 21.3. The van der Waals surface area contributed by atoms with E-state index in [1.807, 2.05) is 62.3 Å². The van der Waals surface area contributed by atoms with Crippen molar-refractivity contribution < 1.29 is 23.5 Å². The first-order chi connectivity index (χ1) is 19.9. The van der Waals surface area contributed by atoms with Crippen molar-refractivity contribution in [3.63, 3.8) is 0 Å². The normalized spacial score (nSPS) is 11.1. The summed E-state index contributed by atoms with van der Waals surface area (Å²) in [4.78, 5) is 30.9. The first kappa shape index (κ1) is 27.5.